The summed E-state index contributed by atoms with van der Waals surface area (Å²) in [6.45, 7) is 1.85. The number of benzene rings is 2. The van der Waals surface area contributed by atoms with E-state index in [1.807, 2.05) is 6.92 Å². The van der Waals surface area contributed by atoms with E-state index in [-0.39, 0.29) is 21.9 Å². The van der Waals surface area contributed by atoms with Crippen molar-refractivity contribution in [2.45, 2.75) is 17.9 Å². The Balaban J connectivity index is 2.27. The highest BCUT2D eigenvalue weighted by Gasteiger charge is 2.22. The first kappa shape index (κ1) is 18.8. The van der Waals surface area contributed by atoms with Crippen LogP contribution in [0.15, 0.2) is 47.4 Å². The van der Waals surface area contributed by atoms with E-state index in [1.54, 1.807) is 37.4 Å². The van der Waals surface area contributed by atoms with Gasteiger partial charge in [-0.3, -0.25) is 4.79 Å². The van der Waals surface area contributed by atoms with Gasteiger partial charge in [-0.15, -0.1) is 0 Å². The molecule has 0 heterocycles. The highest BCUT2D eigenvalue weighted by atomic mass is 35.5. The first-order valence-electron chi connectivity index (χ1n) is 7.14. The predicted octanol–water partition coefficient (Wildman–Crippen LogP) is 4.23. The van der Waals surface area contributed by atoms with Crippen LogP contribution in [0.3, 0.4) is 0 Å². The molecule has 0 fully saturated rings. The number of sulfone groups is 1. The summed E-state index contributed by atoms with van der Waals surface area (Å²) in [6.07, 6.45) is 1.15. The first-order chi connectivity index (χ1) is 11.1. The number of carbonyl (C=O) groups excluding carboxylic acids is 1. The molecule has 128 valence electrons. The minimum Gasteiger partial charge on any atom is -0.335 e. The second kappa shape index (κ2) is 7.13. The Morgan fingerprint density at radius 3 is 2.21 bits per heavy atom. The van der Waals surface area contributed by atoms with Crippen molar-refractivity contribution < 1.29 is 13.2 Å². The fourth-order valence-electron chi connectivity index (χ4n) is 2.25. The van der Waals surface area contributed by atoms with Crippen LogP contribution in [0.4, 0.5) is 0 Å². The van der Waals surface area contributed by atoms with Crippen LogP contribution in [0, 0.1) is 0 Å². The molecule has 2 aromatic carbocycles. The van der Waals surface area contributed by atoms with Gasteiger partial charge in [0.2, 0.25) is 0 Å². The van der Waals surface area contributed by atoms with Crippen molar-refractivity contribution in [3.05, 3.63) is 63.6 Å². The Morgan fingerprint density at radius 2 is 1.67 bits per heavy atom. The third kappa shape index (κ3) is 3.91. The molecule has 24 heavy (non-hydrogen) atoms. The van der Waals surface area contributed by atoms with E-state index in [2.05, 4.69) is 0 Å². The van der Waals surface area contributed by atoms with E-state index in [1.165, 1.54) is 17.0 Å². The third-order valence-electron chi connectivity index (χ3n) is 3.87. The van der Waals surface area contributed by atoms with E-state index in [9.17, 15) is 13.2 Å². The monoisotopic (exact) mass is 385 g/mol. The van der Waals surface area contributed by atoms with Gasteiger partial charge in [0, 0.05) is 13.3 Å². The summed E-state index contributed by atoms with van der Waals surface area (Å²) in [5, 5.41) is 0.539. The SMILES string of the molecule is CC(c1ccc(S(C)(=O)=O)cc1)N(C)C(=O)c1cccc(Cl)c1Cl. The van der Waals surface area contributed by atoms with Gasteiger partial charge in [-0.05, 0) is 36.8 Å². The van der Waals surface area contributed by atoms with Gasteiger partial charge in [0.15, 0.2) is 9.84 Å². The molecule has 0 N–H and O–H groups in total. The smallest absolute Gasteiger partial charge is 0.255 e. The van der Waals surface area contributed by atoms with E-state index >= 15 is 0 Å². The summed E-state index contributed by atoms with van der Waals surface area (Å²) in [5.41, 5.74) is 1.14. The lowest BCUT2D eigenvalue weighted by Gasteiger charge is -2.26. The van der Waals surface area contributed by atoms with Crippen molar-refractivity contribution >= 4 is 38.9 Å². The maximum atomic E-state index is 12.6. The molecule has 0 aliphatic heterocycles. The summed E-state index contributed by atoms with van der Waals surface area (Å²) in [7, 11) is -1.59. The minimum absolute atomic E-state index is 0.218. The Morgan fingerprint density at radius 1 is 1.08 bits per heavy atom. The van der Waals surface area contributed by atoms with Crippen molar-refractivity contribution in [2.75, 3.05) is 13.3 Å². The molecule has 1 amide bonds. The van der Waals surface area contributed by atoms with Crippen LogP contribution in [-0.2, 0) is 9.84 Å². The topological polar surface area (TPSA) is 54.5 Å². The molecule has 0 aromatic heterocycles. The van der Waals surface area contributed by atoms with Gasteiger partial charge >= 0.3 is 0 Å². The molecule has 1 atom stereocenters. The molecule has 0 aliphatic rings. The van der Waals surface area contributed by atoms with E-state index in [4.69, 9.17) is 23.2 Å². The standard InChI is InChI=1S/C17H17Cl2NO3S/c1-11(12-7-9-13(10-8-12)24(3,22)23)20(2)17(21)14-5-4-6-15(18)16(14)19/h4-11H,1-3H3. The molecular formula is C17H17Cl2NO3S. The number of carbonyl (C=O) groups is 1. The normalized spacial score (nSPS) is 12.7. The molecule has 1 unspecified atom stereocenters. The highest BCUT2D eigenvalue weighted by molar-refractivity contribution is 7.90. The maximum Gasteiger partial charge on any atom is 0.255 e. The van der Waals surface area contributed by atoms with Crippen molar-refractivity contribution in [1.29, 1.82) is 0 Å². The van der Waals surface area contributed by atoms with Crippen LogP contribution in [0.5, 0.6) is 0 Å². The zero-order valence-corrected chi connectivity index (χ0v) is 15.8. The van der Waals surface area contributed by atoms with Gasteiger partial charge in [0.1, 0.15) is 0 Å². The summed E-state index contributed by atoms with van der Waals surface area (Å²) >= 11 is 12.1. The molecule has 0 spiro atoms. The summed E-state index contributed by atoms with van der Waals surface area (Å²) in [4.78, 5) is 14.4. The van der Waals surface area contributed by atoms with Crippen LogP contribution in [0.25, 0.3) is 0 Å². The first-order valence-corrected chi connectivity index (χ1v) is 9.79. The minimum atomic E-state index is -3.25. The van der Waals surface area contributed by atoms with Gasteiger partial charge in [0.05, 0.1) is 26.5 Å². The quantitative estimate of drug-likeness (QED) is 0.790. The molecule has 2 aromatic rings. The van der Waals surface area contributed by atoms with Crippen molar-refractivity contribution in [3.63, 3.8) is 0 Å². The summed E-state index contributed by atoms with van der Waals surface area (Å²) in [5.74, 6) is -0.262. The van der Waals surface area contributed by atoms with Crippen LogP contribution in [0.1, 0.15) is 28.9 Å². The summed E-state index contributed by atoms with van der Waals surface area (Å²) < 4.78 is 23.0. The molecule has 0 bridgehead atoms. The Labute approximate surface area is 151 Å². The molecule has 7 heteroatoms. The fourth-order valence-corrected chi connectivity index (χ4v) is 3.26. The number of hydrogen-bond donors (Lipinski definition) is 0. The number of halogens is 2. The molecule has 2 rings (SSSR count). The largest absolute Gasteiger partial charge is 0.335 e. The Hall–Kier alpha value is -1.56. The Bertz CT molecular complexity index is 864. The van der Waals surface area contributed by atoms with Crippen LogP contribution < -0.4 is 0 Å². The predicted molar refractivity (Wildman–Crippen MR) is 96.5 cm³/mol. The van der Waals surface area contributed by atoms with Crippen LogP contribution >= 0.6 is 23.2 Å². The van der Waals surface area contributed by atoms with E-state index in [0.29, 0.717) is 10.6 Å². The molecular weight excluding hydrogens is 369 g/mol. The van der Waals surface area contributed by atoms with Crippen LogP contribution in [-0.4, -0.2) is 32.5 Å². The highest BCUT2D eigenvalue weighted by Crippen LogP contribution is 2.29. The zero-order chi connectivity index (χ0) is 18.1. The molecule has 0 aliphatic carbocycles. The maximum absolute atomic E-state index is 12.6. The lowest BCUT2D eigenvalue weighted by Crippen LogP contribution is -2.29. The zero-order valence-electron chi connectivity index (χ0n) is 13.5. The van der Waals surface area contributed by atoms with Crippen molar-refractivity contribution in [3.8, 4) is 0 Å². The number of rotatable bonds is 4. The van der Waals surface area contributed by atoms with E-state index in [0.717, 1.165) is 11.8 Å². The van der Waals surface area contributed by atoms with Crippen molar-refractivity contribution in [1.82, 2.24) is 4.90 Å². The van der Waals surface area contributed by atoms with E-state index < -0.39 is 9.84 Å². The Kier molecular flexibility index (Phi) is 5.58. The molecule has 0 saturated carbocycles. The number of amides is 1. The average molecular weight is 386 g/mol. The third-order valence-corrected chi connectivity index (χ3v) is 5.82. The number of hydrogen-bond acceptors (Lipinski definition) is 3. The summed E-state index contributed by atoms with van der Waals surface area (Å²) in [6, 6.07) is 11.1. The molecule has 4 nitrogen and oxygen atoms in total. The lowest BCUT2D eigenvalue weighted by atomic mass is 10.1. The number of nitrogens with zero attached hydrogens (tertiary/aromatic N) is 1. The molecule has 0 saturated heterocycles. The van der Waals surface area contributed by atoms with Gasteiger partial charge in [-0.1, -0.05) is 41.4 Å². The van der Waals surface area contributed by atoms with Gasteiger partial charge in [-0.25, -0.2) is 8.42 Å². The fraction of sp³-hybridized carbons (Fsp3) is 0.235. The van der Waals surface area contributed by atoms with Gasteiger partial charge < -0.3 is 4.90 Å². The second-order valence-corrected chi connectivity index (χ2v) is 8.34. The van der Waals surface area contributed by atoms with Gasteiger partial charge in [-0.2, -0.15) is 0 Å². The van der Waals surface area contributed by atoms with Crippen LogP contribution in [0.2, 0.25) is 10.0 Å². The average Bonchev–Trinajstić information content (AvgIpc) is 2.54. The molecule has 0 radical (unpaired) electrons. The van der Waals surface area contributed by atoms with Crippen molar-refractivity contribution in [2.24, 2.45) is 0 Å². The lowest BCUT2D eigenvalue weighted by molar-refractivity contribution is 0.0743. The second-order valence-electron chi connectivity index (χ2n) is 5.53. The van der Waals surface area contributed by atoms with Gasteiger partial charge in [0.25, 0.3) is 5.91 Å².